The standard InChI is InChI=1S/C27H20Cl2N2O3S/c1-34-24-13-18(28)6-8-21(24)26(32)30-19-7-9-20(22(29)14-19)27(33)31-15-25-17(10-11-35-25)12-16-4-2-3-5-23(16)31/h2-11,13-14H,12,15H2,1H3,(H,30,32). The molecule has 8 heteroatoms. The first kappa shape index (κ1) is 23.4. The fourth-order valence-electron chi connectivity index (χ4n) is 4.16. The van der Waals surface area contributed by atoms with Gasteiger partial charge in [0, 0.05) is 27.7 Å². The minimum atomic E-state index is -0.375. The zero-order chi connectivity index (χ0) is 24.5. The van der Waals surface area contributed by atoms with Crippen molar-refractivity contribution in [3.63, 3.8) is 0 Å². The Kier molecular flexibility index (Phi) is 6.52. The Morgan fingerprint density at radius 3 is 2.57 bits per heavy atom. The van der Waals surface area contributed by atoms with Gasteiger partial charge in [0.1, 0.15) is 5.75 Å². The number of methoxy groups -OCH3 is 1. The minimum Gasteiger partial charge on any atom is -0.496 e. The molecule has 2 amide bonds. The van der Waals surface area contributed by atoms with Gasteiger partial charge in [-0.3, -0.25) is 9.59 Å². The number of hydrogen-bond donors (Lipinski definition) is 1. The van der Waals surface area contributed by atoms with E-state index < -0.39 is 0 Å². The van der Waals surface area contributed by atoms with Gasteiger partial charge in [0.25, 0.3) is 11.8 Å². The highest BCUT2D eigenvalue weighted by molar-refractivity contribution is 7.10. The molecule has 0 aliphatic carbocycles. The van der Waals surface area contributed by atoms with Crippen LogP contribution in [0.15, 0.2) is 72.1 Å². The number of halogens is 2. The number of hydrogen-bond acceptors (Lipinski definition) is 4. The maximum Gasteiger partial charge on any atom is 0.260 e. The molecule has 176 valence electrons. The number of ether oxygens (including phenoxy) is 1. The first-order chi connectivity index (χ1) is 16.9. The van der Waals surface area contributed by atoms with Gasteiger partial charge in [-0.15, -0.1) is 11.3 Å². The van der Waals surface area contributed by atoms with Gasteiger partial charge in [-0.05, 0) is 65.0 Å². The predicted octanol–water partition coefficient (Wildman–Crippen LogP) is 7.07. The van der Waals surface area contributed by atoms with Gasteiger partial charge in [0.15, 0.2) is 0 Å². The molecule has 0 saturated carbocycles. The van der Waals surface area contributed by atoms with Crippen molar-refractivity contribution in [3.05, 3.63) is 109 Å². The number of benzene rings is 3. The van der Waals surface area contributed by atoms with Crippen LogP contribution in [-0.4, -0.2) is 18.9 Å². The van der Waals surface area contributed by atoms with Gasteiger partial charge in [0.05, 0.1) is 29.8 Å². The molecule has 0 fully saturated rings. The lowest BCUT2D eigenvalue weighted by atomic mass is 10.1. The second-order valence-corrected chi connectivity index (χ2v) is 9.90. The van der Waals surface area contributed by atoms with E-state index in [1.807, 2.05) is 24.3 Å². The van der Waals surface area contributed by atoms with Crippen molar-refractivity contribution >= 4 is 57.7 Å². The molecule has 35 heavy (non-hydrogen) atoms. The third-order valence-electron chi connectivity index (χ3n) is 5.91. The van der Waals surface area contributed by atoms with Crippen molar-refractivity contribution in [2.75, 3.05) is 17.3 Å². The fourth-order valence-corrected chi connectivity index (χ4v) is 5.48. The topological polar surface area (TPSA) is 58.6 Å². The smallest absolute Gasteiger partial charge is 0.260 e. The van der Waals surface area contributed by atoms with Gasteiger partial charge in [0.2, 0.25) is 0 Å². The van der Waals surface area contributed by atoms with E-state index in [9.17, 15) is 9.59 Å². The molecular weight excluding hydrogens is 503 g/mol. The lowest BCUT2D eigenvalue weighted by molar-refractivity contribution is 0.0984. The molecule has 5 nitrogen and oxygen atoms in total. The van der Waals surface area contributed by atoms with Crippen LogP contribution in [0.1, 0.15) is 36.7 Å². The molecule has 0 radical (unpaired) electrons. The molecule has 5 rings (SSSR count). The van der Waals surface area contributed by atoms with E-state index in [1.165, 1.54) is 12.7 Å². The number of carbonyl (C=O) groups excluding carboxylic acids is 2. The summed E-state index contributed by atoms with van der Waals surface area (Å²) in [6.07, 6.45) is 0.783. The summed E-state index contributed by atoms with van der Waals surface area (Å²) >= 11 is 14.2. The summed E-state index contributed by atoms with van der Waals surface area (Å²) < 4.78 is 5.26. The molecule has 4 aromatic rings. The van der Waals surface area contributed by atoms with Crippen LogP contribution in [0.5, 0.6) is 5.75 Å². The maximum atomic E-state index is 13.7. The molecule has 0 saturated heterocycles. The van der Waals surface area contributed by atoms with Crippen molar-refractivity contribution in [2.24, 2.45) is 0 Å². The minimum absolute atomic E-state index is 0.194. The van der Waals surface area contributed by atoms with Crippen LogP contribution in [0.3, 0.4) is 0 Å². The molecule has 2 heterocycles. The van der Waals surface area contributed by atoms with Crippen LogP contribution in [0.2, 0.25) is 10.0 Å². The summed E-state index contributed by atoms with van der Waals surface area (Å²) in [5.41, 5.74) is 4.37. The van der Waals surface area contributed by atoms with E-state index in [0.717, 1.165) is 22.5 Å². The average molecular weight is 523 g/mol. The second-order valence-electron chi connectivity index (χ2n) is 8.06. The van der Waals surface area contributed by atoms with E-state index >= 15 is 0 Å². The van der Waals surface area contributed by atoms with Crippen LogP contribution in [0, 0.1) is 0 Å². The summed E-state index contributed by atoms with van der Waals surface area (Å²) in [4.78, 5) is 29.4. The monoisotopic (exact) mass is 522 g/mol. The van der Waals surface area contributed by atoms with Gasteiger partial charge in [-0.2, -0.15) is 0 Å². The van der Waals surface area contributed by atoms with Gasteiger partial charge in [-0.25, -0.2) is 0 Å². The zero-order valence-electron chi connectivity index (χ0n) is 18.7. The molecule has 1 N–H and O–H groups in total. The normalized spacial score (nSPS) is 12.4. The average Bonchev–Trinajstić information content (AvgIpc) is 3.22. The number of fused-ring (bicyclic) bond motifs is 2. The van der Waals surface area contributed by atoms with Crippen molar-refractivity contribution < 1.29 is 14.3 Å². The van der Waals surface area contributed by atoms with Crippen molar-refractivity contribution in [3.8, 4) is 5.75 Å². The predicted molar refractivity (Wildman–Crippen MR) is 141 cm³/mol. The van der Waals surface area contributed by atoms with E-state index in [0.29, 0.717) is 34.1 Å². The number of amides is 2. The van der Waals surface area contributed by atoms with Crippen molar-refractivity contribution in [2.45, 2.75) is 13.0 Å². The van der Waals surface area contributed by atoms with Crippen molar-refractivity contribution in [1.29, 1.82) is 0 Å². The highest BCUT2D eigenvalue weighted by Gasteiger charge is 2.27. The second kappa shape index (κ2) is 9.74. The Balaban J connectivity index is 1.42. The highest BCUT2D eigenvalue weighted by Crippen LogP contribution is 2.35. The molecule has 1 aliphatic heterocycles. The van der Waals surface area contributed by atoms with Crippen LogP contribution in [0.25, 0.3) is 0 Å². The molecule has 0 unspecified atom stereocenters. The van der Waals surface area contributed by atoms with Crippen LogP contribution < -0.4 is 15.0 Å². The first-order valence-electron chi connectivity index (χ1n) is 10.8. The first-order valence-corrected chi connectivity index (χ1v) is 12.5. The Labute approximate surface area is 216 Å². The third-order valence-corrected chi connectivity index (χ3v) is 7.41. The summed E-state index contributed by atoms with van der Waals surface area (Å²) in [6, 6.07) is 19.7. The van der Waals surface area contributed by atoms with E-state index in [-0.39, 0.29) is 16.8 Å². The van der Waals surface area contributed by atoms with Crippen molar-refractivity contribution in [1.82, 2.24) is 0 Å². The summed E-state index contributed by atoms with van der Waals surface area (Å²) in [5, 5.41) is 5.58. The lowest BCUT2D eigenvalue weighted by Crippen LogP contribution is -2.30. The maximum absolute atomic E-state index is 13.7. The van der Waals surface area contributed by atoms with Crippen LogP contribution in [-0.2, 0) is 13.0 Å². The Morgan fingerprint density at radius 1 is 0.971 bits per heavy atom. The molecule has 1 aliphatic rings. The Bertz CT molecular complexity index is 1450. The Hall–Kier alpha value is -3.32. The highest BCUT2D eigenvalue weighted by atomic mass is 35.5. The SMILES string of the molecule is COc1cc(Cl)ccc1C(=O)Nc1ccc(C(=O)N2Cc3sccc3Cc3ccccc32)c(Cl)c1. The van der Waals surface area contributed by atoms with E-state index in [1.54, 1.807) is 52.6 Å². The van der Waals surface area contributed by atoms with Gasteiger partial charge in [-0.1, -0.05) is 41.4 Å². The largest absolute Gasteiger partial charge is 0.496 e. The third kappa shape index (κ3) is 4.65. The number of thiophene rings is 1. The van der Waals surface area contributed by atoms with E-state index in [2.05, 4.69) is 16.8 Å². The quantitative estimate of drug-likeness (QED) is 0.311. The lowest BCUT2D eigenvalue weighted by Gasteiger charge is -2.23. The molecule has 3 aromatic carbocycles. The molecule has 0 spiro atoms. The van der Waals surface area contributed by atoms with Crippen LogP contribution >= 0.6 is 34.5 Å². The number of rotatable bonds is 4. The number of nitrogens with one attached hydrogen (secondary N) is 1. The number of para-hydroxylation sites is 1. The molecule has 1 aromatic heterocycles. The van der Waals surface area contributed by atoms with Crippen LogP contribution in [0.4, 0.5) is 11.4 Å². The summed E-state index contributed by atoms with van der Waals surface area (Å²) in [7, 11) is 1.47. The zero-order valence-corrected chi connectivity index (χ0v) is 21.0. The molecule has 0 bridgehead atoms. The Morgan fingerprint density at radius 2 is 1.77 bits per heavy atom. The van der Waals surface area contributed by atoms with Gasteiger partial charge >= 0.3 is 0 Å². The number of anilines is 2. The molecular formula is C27H20Cl2N2O3S. The number of nitrogens with zero attached hydrogens (tertiary/aromatic N) is 1. The van der Waals surface area contributed by atoms with E-state index in [4.69, 9.17) is 27.9 Å². The number of carbonyl (C=O) groups is 2. The summed E-state index contributed by atoms with van der Waals surface area (Å²) in [5.74, 6) is -0.207. The van der Waals surface area contributed by atoms with Gasteiger partial charge < -0.3 is 15.0 Å². The fraction of sp³-hybridized carbons (Fsp3) is 0.111. The summed E-state index contributed by atoms with van der Waals surface area (Å²) in [6.45, 7) is 0.480. The molecule has 0 atom stereocenters.